The van der Waals surface area contributed by atoms with Gasteiger partial charge in [0.05, 0.1) is 12.5 Å². The first kappa shape index (κ1) is 22.5. The first-order valence-electron chi connectivity index (χ1n) is 10.9. The fourth-order valence-corrected chi connectivity index (χ4v) is 3.98. The molecule has 1 aliphatic heterocycles. The number of hydrogen-bond acceptors (Lipinski definition) is 4. The van der Waals surface area contributed by atoms with E-state index in [0.717, 1.165) is 38.2 Å². The molecule has 0 spiro atoms. The normalized spacial score (nSPS) is 16.3. The summed E-state index contributed by atoms with van der Waals surface area (Å²) in [7, 11) is 0. The Morgan fingerprint density at radius 3 is 2.48 bits per heavy atom. The summed E-state index contributed by atoms with van der Waals surface area (Å²) in [4.78, 5) is 29.2. The highest BCUT2D eigenvalue weighted by atomic mass is 16.2. The zero-order chi connectivity index (χ0) is 21.9. The second-order valence-corrected chi connectivity index (χ2v) is 7.92. The highest BCUT2D eigenvalue weighted by molar-refractivity contribution is 5.95. The number of para-hydroxylation sites is 1. The molecule has 6 heteroatoms. The minimum absolute atomic E-state index is 0.0896. The van der Waals surface area contributed by atoms with E-state index in [1.165, 1.54) is 5.56 Å². The lowest BCUT2D eigenvalue weighted by Crippen LogP contribution is -2.47. The molecule has 1 aliphatic rings. The van der Waals surface area contributed by atoms with Crippen LogP contribution < -0.4 is 10.2 Å². The van der Waals surface area contributed by atoms with Gasteiger partial charge in [-0.3, -0.25) is 14.5 Å². The van der Waals surface area contributed by atoms with E-state index in [4.69, 9.17) is 5.26 Å². The number of piperidine rings is 1. The van der Waals surface area contributed by atoms with Crippen molar-refractivity contribution in [3.63, 3.8) is 0 Å². The number of rotatable bonds is 9. The Hall–Kier alpha value is -3.17. The Kier molecular flexibility index (Phi) is 8.62. The molecule has 1 saturated heterocycles. The van der Waals surface area contributed by atoms with Gasteiger partial charge in [0.15, 0.2) is 0 Å². The average molecular weight is 419 g/mol. The number of carbonyl (C=O) groups excluding carboxylic acids is 2. The largest absolute Gasteiger partial charge is 0.352 e. The van der Waals surface area contributed by atoms with Crippen LogP contribution in [0.1, 0.15) is 37.7 Å². The summed E-state index contributed by atoms with van der Waals surface area (Å²) in [5.74, 6) is -0.223. The number of nitriles is 1. The van der Waals surface area contributed by atoms with Gasteiger partial charge in [-0.15, -0.1) is 0 Å². The van der Waals surface area contributed by atoms with Gasteiger partial charge in [-0.05, 0) is 37.1 Å². The van der Waals surface area contributed by atoms with E-state index in [9.17, 15) is 9.59 Å². The molecule has 0 aliphatic carbocycles. The summed E-state index contributed by atoms with van der Waals surface area (Å²) in [5.41, 5.74) is 2.03. The summed E-state index contributed by atoms with van der Waals surface area (Å²) in [6.45, 7) is 3.08. The molecule has 0 saturated carbocycles. The van der Waals surface area contributed by atoms with E-state index in [2.05, 4.69) is 28.4 Å². The van der Waals surface area contributed by atoms with Crippen molar-refractivity contribution in [3.05, 3.63) is 66.2 Å². The Morgan fingerprint density at radius 2 is 1.77 bits per heavy atom. The van der Waals surface area contributed by atoms with Crippen molar-refractivity contribution in [2.45, 2.75) is 44.7 Å². The predicted octanol–water partition coefficient (Wildman–Crippen LogP) is 3.49. The van der Waals surface area contributed by atoms with Crippen LogP contribution in [0.15, 0.2) is 60.7 Å². The van der Waals surface area contributed by atoms with Gasteiger partial charge in [-0.1, -0.05) is 48.5 Å². The van der Waals surface area contributed by atoms with E-state index >= 15 is 0 Å². The predicted molar refractivity (Wildman–Crippen MR) is 121 cm³/mol. The molecule has 0 radical (unpaired) electrons. The highest BCUT2D eigenvalue weighted by Crippen LogP contribution is 2.17. The topological polar surface area (TPSA) is 76.4 Å². The molecule has 1 atom stereocenters. The maximum Gasteiger partial charge on any atom is 0.227 e. The highest BCUT2D eigenvalue weighted by Gasteiger charge is 2.22. The fraction of sp³-hybridized carbons (Fsp3) is 0.400. The smallest absolute Gasteiger partial charge is 0.227 e. The lowest BCUT2D eigenvalue weighted by Gasteiger charge is -2.33. The zero-order valence-electron chi connectivity index (χ0n) is 17.9. The molecule has 1 fully saturated rings. The summed E-state index contributed by atoms with van der Waals surface area (Å²) in [5, 5.41) is 12.0. The molecule has 2 amide bonds. The SMILES string of the molecule is N#CCCN(C(=O)CCC(=O)NC1CCCN(Cc2ccccc2)C1)c1ccccc1. The molecule has 1 unspecified atom stereocenters. The molecule has 0 aromatic heterocycles. The Balaban J connectivity index is 1.47. The third-order valence-corrected chi connectivity index (χ3v) is 5.50. The lowest BCUT2D eigenvalue weighted by atomic mass is 10.0. The van der Waals surface area contributed by atoms with Crippen LogP contribution in [0.4, 0.5) is 5.69 Å². The van der Waals surface area contributed by atoms with E-state index < -0.39 is 0 Å². The van der Waals surface area contributed by atoms with Gasteiger partial charge in [0.25, 0.3) is 0 Å². The molecular weight excluding hydrogens is 388 g/mol. The maximum atomic E-state index is 12.7. The van der Waals surface area contributed by atoms with Crippen molar-refractivity contribution in [1.29, 1.82) is 5.26 Å². The summed E-state index contributed by atoms with van der Waals surface area (Å²) >= 11 is 0. The van der Waals surface area contributed by atoms with Gasteiger partial charge in [-0.25, -0.2) is 0 Å². The second kappa shape index (κ2) is 11.9. The van der Waals surface area contributed by atoms with Gasteiger partial charge < -0.3 is 10.2 Å². The van der Waals surface area contributed by atoms with Gasteiger partial charge in [0, 0.05) is 44.2 Å². The van der Waals surface area contributed by atoms with Gasteiger partial charge in [0.2, 0.25) is 11.8 Å². The number of nitrogens with zero attached hydrogens (tertiary/aromatic N) is 3. The molecule has 0 bridgehead atoms. The summed E-state index contributed by atoms with van der Waals surface area (Å²) in [6, 6.07) is 21.9. The molecule has 1 N–H and O–H groups in total. The van der Waals surface area contributed by atoms with Crippen molar-refractivity contribution in [2.75, 3.05) is 24.5 Å². The number of nitrogens with one attached hydrogen (secondary N) is 1. The van der Waals surface area contributed by atoms with Crippen molar-refractivity contribution >= 4 is 17.5 Å². The summed E-state index contributed by atoms with van der Waals surface area (Å²) in [6.07, 6.45) is 2.55. The third kappa shape index (κ3) is 7.23. The quantitative estimate of drug-likeness (QED) is 0.676. The van der Waals surface area contributed by atoms with Crippen LogP contribution >= 0.6 is 0 Å². The number of carbonyl (C=O) groups is 2. The average Bonchev–Trinajstić information content (AvgIpc) is 2.79. The van der Waals surface area contributed by atoms with Crippen molar-refractivity contribution in [1.82, 2.24) is 10.2 Å². The molecular formula is C25H30N4O2. The molecule has 3 rings (SSSR count). The Labute approximate surface area is 184 Å². The third-order valence-electron chi connectivity index (χ3n) is 5.50. The summed E-state index contributed by atoms with van der Waals surface area (Å²) < 4.78 is 0. The first-order chi connectivity index (χ1) is 15.2. The lowest BCUT2D eigenvalue weighted by molar-refractivity contribution is -0.126. The molecule has 31 heavy (non-hydrogen) atoms. The Morgan fingerprint density at radius 1 is 1.06 bits per heavy atom. The molecule has 1 heterocycles. The zero-order valence-corrected chi connectivity index (χ0v) is 17.9. The van der Waals surface area contributed by atoms with E-state index in [1.54, 1.807) is 4.90 Å². The van der Waals surface area contributed by atoms with E-state index in [0.29, 0.717) is 6.54 Å². The van der Waals surface area contributed by atoms with Gasteiger partial charge in [-0.2, -0.15) is 5.26 Å². The van der Waals surface area contributed by atoms with Crippen LogP contribution in [0.5, 0.6) is 0 Å². The van der Waals surface area contributed by atoms with Crippen molar-refractivity contribution in [2.24, 2.45) is 0 Å². The van der Waals surface area contributed by atoms with Gasteiger partial charge in [0.1, 0.15) is 0 Å². The number of benzene rings is 2. The number of hydrogen-bond donors (Lipinski definition) is 1. The first-order valence-corrected chi connectivity index (χ1v) is 10.9. The minimum Gasteiger partial charge on any atom is -0.352 e. The fourth-order valence-electron chi connectivity index (χ4n) is 3.98. The van der Waals surface area contributed by atoms with E-state index in [1.807, 2.05) is 48.5 Å². The van der Waals surface area contributed by atoms with Crippen LogP contribution in [0.25, 0.3) is 0 Å². The van der Waals surface area contributed by atoms with Crippen LogP contribution in [0.2, 0.25) is 0 Å². The molecule has 162 valence electrons. The number of likely N-dealkylation sites (tertiary alicyclic amines) is 1. The van der Waals surface area contributed by atoms with Crippen molar-refractivity contribution in [3.8, 4) is 6.07 Å². The molecule has 6 nitrogen and oxygen atoms in total. The minimum atomic E-state index is -0.133. The standard InChI is InChI=1S/C25H30N4O2/c26-16-8-18-29(23-12-5-2-6-13-23)25(31)15-14-24(30)27-22-11-7-17-28(20-22)19-21-9-3-1-4-10-21/h1-6,9-10,12-13,22H,7-8,11,14-15,17-20H2,(H,27,30). The monoisotopic (exact) mass is 418 g/mol. The van der Waals surface area contributed by atoms with Crippen LogP contribution in [0, 0.1) is 11.3 Å². The molecule has 2 aromatic carbocycles. The van der Waals surface area contributed by atoms with Crippen LogP contribution in [-0.4, -0.2) is 42.4 Å². The number of anilines is 1. The van der Waals surface area contributed by atoms with Crippen LogP contribution in [0.3, 0.4) is 0 Å². The maximum absolute atomic E-state index is 12.7. The van der Waals surface area contributed by atoms with Crippen LogP contribution in [-0.2, 0) is 16.1 Å². The Bertz CT molecular complexity index is 879. The number of amides is 2. The van der Waals surface area contributed by atoms with E-state index in [-0.39, 0.29) is 37.1 Å². The molecule has 2 aromatic rings. The van der Waals surface area contributed by atoms with Crippen molar-refractivity contribution < 1.29 is 9.59 Å². The van der Waals surface area contributed by atoms with Gasteiger partial charge >= 0.3 is 0 Å². The second-order valence-electron chi connectivity index (χ2n) is 7.92.